The number of esters is 1. The van der Waals surface area contributed by atoms with Gasteiger partial charge in [0.2, 0.25) is 5.78 Å². The van der Waals surface area contributed by atoms with Gasteiger partial charge in [-0.2, -0.15) is 0 Å². The predicted octanol–water partition coefficient (Wildman–Crippen LogP) is 1.80. The van der Waals surface area contributed by atoms with Crippen LogP contribution in [0.15, 0.2) is 22.8 Å². The highest BCUT2D eigenvalue weighted by molar-refractivity contribution is 9.10. The lowest BCUT2D eigenvalue weighted by Gasteiger charge is -2.10. The quantitative estimate of drug-likeness (QED) is 0.471. The molecule has 1 aromatic rings. The molecule has 1 aromatic heterocycles. The fraction of sp³-hybridized carbons (Fsp3) is 0.333. The molecule has 1 atom stereocenters. The van der Waals surface area contributed by atoms with Crippen LogP contribution in [0.4, 0.5) is 0 Å². The molecule has 1 heterocycles. The second-order valence-electron chi connectivity index (χ2n) is 3.52. The van der Waals surface area contributed by atoms with E-state index in [1.165, 1.54) is 19.2 Å². The van der Waals surface area contributed by atoms with E-state index >= 15 is 0 Å². The van der Waals surface area contributed by atoms with Crippen LogP contribution in [0.3, 0.4) is 0 Å². The van der Waals surface area contributed by atoms with Crippen molar-refractivity contribution in [3.05, 3.63) is 28.5 Å². The van der Waals surface area contributed by atoms with E-state index in [0.29, 0.717) is 4.47 Å². The van der Waals surface area contributed by atoms with Gasteiger partial charge in [0.1, 0.15) is 5.69 Å². The Kier molecular flexibility index (Phi) is 5.15. The molecule has 0 spiro atoms. The molecule has 0 aliphatic carbocycles. The Balaban J connectivity index is 3.00. The summed E-state index contributed by atoms with van der Waals surface area (Å²) in [6.45, 7) is 2.90. The van der Waals surface area contributed by atoms with Gasteiger partial charge in [-0.3, -0.25) is 19.4 Å². The smallest absolute Gasteiger partial charge is 0.324 e. The lowest BCUT2D eigenvalue weighted by Crippen LogP contribution is -2.32. The average molecular weight is 314 g/mol. The highest BCUT2D eigenvalue weighted by atomic mass is 79.9. The van der Waals surface area contributed by atoms with Crippen molar-refractivity contribution in [3.8, 4) is 0 Å². The molecule has 0 aliphatic rings. The zero-order chi connectivity index (χ0) is 13.7. The Bertz CT molecular complexity index is 469. The highest BCUT2D eigenvalue weighted by Gasteiger charge is 2.33. The minimum atomic E-state index is -1.43. The third-order valence-corrected chi connectivity index (χ3v) is 2.64. The largest absolute Gasteiger partial charge is 0.465 e. The Hall–Kier alpha value is -1.56. The van der Waals surface area contributed by atoms with E-state index in [0.717, 1.165) is 0 Å². The van der Waals surface area contributed by atoms with Crippen molar-refractivity contribution >= 4 is 33.5 Å². The summed E-state index contributed by atoms with van der Waals surface area (Å²) in [5.74, 6) is -3.46. The van der Waals surface area contributed by atoms with Gasteiger partial charge in [-0.15, -0.1) is 0 Å². The lowest BCUT2D eigenvalue weighted by atomic mass is 9.97. The average Bonchev–Trinajstić information content (AvgIpc) is 2.29. The number of carbonyl (C=O) groups excluding carboxylic acids is 3. The molecule has 0 radical (unpaired) electrons. The monoisotopic (exact) mass is 313 g/mol. The molecule has 5 nitrogen and oxygen atoms in total. The van der Waals surface area contributed by atoms with E-state index in [1.54, 1.807) is 13.0 Å². The molecule has 1 unspecified atom stereocenters. The van der Waals surface area contributed by atoms with Crippen molar-refractivity contribution in [3.63, 3.8) is 0 Å². The number of ketones is 2. The summed E-state index contributed by atoms with van der Waals surface area (Å²) in [6.07, 6.45) is 1.43. The summed E-state index contributed by atoms with van der Waals surface area (Å²) < 4.78 is 5.42. The van der Waals surface area contributed by atoms with Gasteiger partial charge in [0.05, 0.1) is 6.61 Å². The van der Waals surface area contributed by atoms with E-state index in [4.69, 9.17) is 4.74 Å². The molecule has 18 heavy (non-hydrogen) atoms. The Labute approximate surface area is 113 Å². The van der Waals surface area contributed by atoms with E-state index in [2.05, 4.69) is 20.9 Å². The standard InChI is InChI=1S/C12H12BrNO4/c1-3-18-12(17)10(7(2)15)11(16)9-5-4-8(13)6-14-9/h4-6,10H,3H2,1-2H3. The van der Waals surface area contributed by atoms with Crippen LogP contribution in [0, 0.1) is 5.92 Å². The third kappa shape index (κ3) is 3.46. The maximum atomic E-state index is 12.0. The van der Waals surface area contributed by atoms with E-state index in [1.807, 2.05) is 0 Å². The van der Waals surface area contributed by atoms with Crippen molar-refractivity contribution in [2.24, 2.45) is 5.92 Å². The minimum Gasteiger partial charge on any atom is -0.465 e. The van der Waals surface area contributed by atoms with Gasteiger partial charge in [0.25, 0.3) is 0 Å². The topological polar surface area (TPSA) is 73.3 Å². The Morgan fingerprint density at radius 1 is 1.39 bits per heavy atom. The second kappa shape index (κ2) is 6.39. The molecule has 0 saturated carbocycles. The molecule has 0 aliphatic heterocycles. The summed E-state index contributed by atoms with van der Waals surface area (Å²) in [4.78, 5) is 38.8. The Morgan fingerprint density at radius 3 is 2.50 bits per heavy atom. The number of hydrogen-bond acceptors (Lipinski definition) is 5. The molecular formula is C12H12BrNO4. The van der Waals surface area contributed by atoms with Crippen LogP contribution in [0.1, 0.15) is 24.3 Å². The predicted molar refractivity (Wildman–Crippen MR) is 67.1 cm³/mol. The zero-order valence-corrected chi connectivity index (χ0v) is 11.6. The zero-order valence-electron chi connectivity index (χ0n) is 9.97. The fourth-order valence-electron chi connectivity index (χ4n) is 1.35. The molecule has 0 amide bonds. The normalized spacial score (nSPS) is 11.7. The van der Waals surface area contributed by atoms with Crippen molar-refractivity contribution in [1.29, 1.82) is 0 Å². The summed E-state index contributed by atoms with van der Waals surface area (Å²) in [6, 6.07) is 3.06. The van der Waals surface area contributed by atoms with Gasteiger partial charge in [0, 0.05) is 10.7 Å². The first-order valence-electron chi connectivity index (χ1n) is 5.30. The number of ether oxygens (including phenoxy) is 1. The second-order valence-corrected chi connectivity index (χ2v) is 4.44. The number of nitrogens with zero attached hydrogens (tertiary/aromatic N) is 1. The fourth-order valence-corrected chi connectivity index (χ4v) is 1.59. The molecule has 6 heteroatoms. The number of halogens is 1. The van der Waals surface area contributed by atoms with Crippen molar-refractivity contribution in [1.82, 2.24) is 4.98 Å². The van der Waals surface area contributed by atoms with E-state index in [9.17, 15) is 14.4 Å². The maximum absolute atomic E-state index is 12.0. The lowest BCUT2D eigenvalue weighted by molar-refractivity contribution is -0.148. The van der Waals surface area contributed by atoms with Crippen LogP contribution in [0.2, 0.25) is 0 Å². The van der Waals surface area contributed by atoms with Crippen LogP contribution in [0.25, 0.3) is 0 Å². The van der Waals surface area contributed by atoms with Crippen LogP contribution >= 0.6 is 15.9 Å². The molecule has 0 fully saturated rings. The molecule has 0 aromatic carbocycles. The minimum absolute atomic E-state index is 0.0615. The summed E-state index contributed by atoms with van der Waals surface area (Å²) >= 11 is 3.18. The van der Waals surface area contributed by atoms with Crippen LogP contribution in [-0.2, 0) is 14.3 Å². The summed E-state index contributed by atoms with van der Waals surface area (Å²) in [5, 5.41) is 0. The SMILES string of the molecule is CCOC(=O)C(C(C)=O)C(=O)c1ccc(Br)cn1. The van der Waals surface area contributed by atoms with Crippen molar-refractivity contribution < 1.29 is 19.1 Å². The number of Topliss-reactive ketones (excluding diaryl/α,β-unsaturated/α-hetero) is 2. The van der Waals surface area contributed by atoms with Crippen LogP contribution in [-0.4, -0.2) is 29.1 Å². The van der Waals surface area contributed by atoms with Gasteiger partial charge in [-0.1, -0.05) is 0 Å². The van der Waals surface area contributed by atoms with Crippen LogP contribution < -0.4 is 0 Å². The number of carbonyl (C=O) groups is 3. The summed E-state index contributed by atoms with van der Waals surface area (Å²) in [5.41, 5.74) is 0.0615. The maximum Gasteiger partial charge on any atom is 0.324 e. The van der Waals surface area contributed by atoms with Crippen molar-refractivity contribution in [2.45, 2.75) is 13.8 Å². The van der Waals surface area contributed by atoms with Crippen LogP contribution in [0.5, 0.6) is 0 Å². The first kappa shape index (κ1) is 14.5. The molecule has 0 N–H and O–H groups in total. The first-order valence-corrected chi connectivity index (χ1v) is 6.09. The number of hydrogen-bond donors (Lipinski definition) is 0. The number of aromatic nitrogens is 1. The van der Waals surface area contributed by atoms with Gasteiger partial charge >= 0.3 is 5.97 Å². The molecule has 1 rings (SSSR count). The van der Waals surface area contributed by atoms with E-state index in [-0.39, 0.29) is 12.3 Å². The molecular weight excluding hydrogens is 302 g/mol. The first-order chi connectivity index (χ1) is 8.47. The number of pyridine rings is 1. The van der Waals surface area contributed by atoms with E-state index < -0.39 is 23.5 Å². The molecule has 96 valence electrons. The molecule has 0 saturated heterocycles. The van der Waals surface area contributed by atoms with Gasteiger partial charge in [-0.05, 0) is 41.9 Å². The van der Waals surface area contributed by atoms with Gasteiger partial charge in [0.15, 0.2) is 11.7 Å². The molecule has 0 bridgehead atoms. The highest BCUT2D eigenvalue weighted by Crippen LogP contribution is 2.13. The van der Waals surface area contributed by atoms with Gasteiger partial charge < -0.3 is 4.74 Å². The van der Waals surface area contributed by atoms with Crippen molar-refractivity contribution in [2.75, 3.05) is 6.61 Å². The van der Waals surface area contributed by atoms with Gasteiger partial charge in [-0.25, -0.2) is 0 Å². The third-order valence-electron chi connectivity index (χ3n) is 2.17. The number of rotatable bonds is 5. The Morgan fingerprint density at radius 2 is 2.06 bits per heavy atom. The summed E-state index contributed by atoms with van der Waals surface area (Å²) in [7, 11) is 0.